The number of benzene rings is 2. The maximum Gasteiger partial charge on any atom is 0.339 e. The first kappa shape index (κ1) is 17.6. The van der Waals surface area contributed by atoms with Crippen molar-refractivity contribution in [2.75, 3.05) is 0 Å². The minimum Gasteiger partial charge on any atom is -0.377 e. The number of hydrogen-bond donors (Lipinski definition) is 0. The van der Waals surface area contributed by atoms with Crippen molar-refractivity contribution in [2.24, 2.45) is 0 Å². The number of non-ortho nitro benzene ring substituents is 1. The standard InChI is InChI=1S/C13H9ClN2O7S/c1-8-2-4-10(7-12(8)16(19)20)24(21,22)23-13-5-3-9(15(17)18)6-11(13)14/h2-7H,1H3. The zero-order valence-electron chi connectivity index (χ0n) is 12.0. The first-order valence-corrected chi connectivity index (χ1v) is 8.04. The molecule has 126 valence electrons. The summed E-state index contributed by atoms with van der Waals surface area (Å²) in [7, 11) is -4.40. The van der Waals surface area contributed by atoms with E-state index in [1.807, 2.05) is 0 Å². The second-order valence-corrected chi connectivity index (χ2v) is 6.57. The Labute approximate surface area is 140 Å². The first-order chi connectivity index (χ1) is 11.1. The number of nitrogens with zero attached hydrogens (tertiary/aromatic N) is 2. The molecule has 0 heterocycles. The predicted molar refractivity (Wildman–Crippen MR) is 83.8 cm³/mol. The molecule has 0 bridgehead atoms. The Morgan fingerprint density at radius 3 is 2.25 bits per heavy atom. The van der Waals surface area contributed by atoms with E-state index in [-0.39, 0.29) is 27.7 Å². The highest BCUT2D eigenvalue weighted by Crippen LogP contribution is 2.31. The maximum absolute atomic E-state index is 12.2. The molecule has 24 heavy (non-hydrogen) atoms. The quantitative estimate of drug-likeness (QED) is 0.447. The Kier molecular flexibility index (Phi) is 4.71. The van der Waals surface area contributed by atoms with Crippen LogP contribution in [0.15, 0.2) is 41.3 Å². The molecule has 0 aliphatic rings. The third-order valence-electron chi connectivity index (χ3n) is 2.99. The molecule has 11 heteroatoms. The van der Waals surface area contributed by atoms with Crippen LogP contribution in [0.25, 0.3) is 0 Å². The van der Waals surface area contributed by atoms with E-state index in [9.17, 15) is 28.6 Å². The minimum atomic E-state index is -4.40. The van der Waals surface area contributed by atoms with Gasteiger partial charge in [-0.1, -0.05) is 17.7 Å². The highest BCUT2D eigenvalue weighted by Gasteiger charge is 2.23. The van der Waals surface area contributed by atoms with Gasteiger partial charge in [-0.25, -0.2) is 0 Å². The number of nitro benzene ring substituents is 2. The van der Waals surface area contributed by atoms with E-state index in [4.69, 9.17) is 15.8 Å². The molecule has 0 aliphatic heterocycles. The second kappa shape index (κ2) is 6.42. The van der Waals surface area contributed by atoms with Gasteiger partial charge in [-0.3, -0.25) is 20.2 Å². The van der Waals surface area contributed by atoms with Crippen LogP contribution >= 0.6 is 11.6 Å². The molecule has 2 aromatic carbocycles. The fourth-order valence-corrected chi connectivity index (χ4v) is 3.01. The van der Waals surface area contributed by atoms with E-state index in [1.165, 1.54) is 13.0 Å². The topological polar surface area (TPSA) is 130 Å². The Balaban J connectivity index is 2.41. The van der Waals surface area contributed by atoms with Crippen molar-refractivity contribution < 1.29 is 22.4 Å². The molecular weight excluding hydrogens is 364 g/mol. The summed E-state index contributed by atoms with van der Waals surface area (Å²) in [5.74, 6) is -0.328. The van der Waals surface area contributed by atoms with Crippen molar-refractivity contribution in [2.45, 2.75) is 11.8 Å². The molecular formula is C13H9ClN2O7S. The fraction of sp³-hybridized carbons (Fsp3) is 0.0769. The average Bonchev–Trinajstić information content (AvgIpc) is 2.48. The summed E-state index contributed by atoms with van der Waals surface area (Å²) in [4.78, 5) is 19.7. The maximum atomic E-state index is 12.2. The molecule has 0 amide bonds. The lowest BCUT2D eigenvalue weighted by atomic mass is 10.2. The second-order valence-electron chi connectivity index (χ2n) is 4.61. The van der Waals surface area contributed by atoms with Crippen molar-refractivity contribution >= 4 is 33.1 Å². The van der Waals surface area contributed by atoms with Gasteiger partial charge in [0.25, 0.3) is 11.4 Å². The Hall–Kier alpha value is -2.72. The lowest BCUT2D eigenvalue weighted by molar-refractivity contribution is -0.385. The van der Waals surface area contributed by atoms with Gasteiger partial charge in [0, 0.05) is 23.8 Å². The van der Waals surface area contributed by atoms with Crippen molar-refractivity contribution in [3.8, 4) is 5.75 Å². The van der Waals surface area contributed by atoms with Crippen LogP contribution in [0.3, 0.4) is 0 Å². The summed E-state index contributed by atoms with van der Waals surface area (Å²) in [5, 5.41) is 21.2. The van der Waals surface area contributed by atoms with Gasteiger partial charge < -0.3 is 4.18 Å². The number of hydrogen-bond acceptors (Lipinski definition) is 7. The minimum absolute atomic E-state index is 0.283. The van der Waals surface area contributed by atoms with Gasteiger partial charge in [-0.2, -0.15) is 8.42 Å². The molecule has 9 nitrogen and oxygen atoms in total. The number of aryl methyl sites for hydroxylation is 1. The van der Waals surface area contributed by atoms with Gasteiger partial charge >= 0.3 is 10.1 Å². The van der Waals surface area contributed by atoms with Crippen LogP contribution < -0.4 is 4.18 Å². The summed E-state index contributed by atoms with van der Waals surface area (Å²) < 4.78 is 29.3. The molecule has 0 spiro atoms. The van der Waals surface area contributed by atoms with E-state index in [1.54, 1.807) is 0 Å². The van der Waals surface area contributed by atoms with Crippen molar-refractivity contribution in [3.05, 3.63) is 67.2 Å². The summed E-state index contributed by atoms with van der Waals surface area (Å²) >= 11 is 5.77. The molecule has 0 aliphatic carbocycles. The van der Waals surface area contributed by atoms with Gasteiger partial charge in [0.05, 0.1) is 14.9 Å². The van der Waals surface area contributed by atoms with E-state index in [2.05, 4.69) is 0 Å². The zero-order chi connectivity index (χ0) is 18.1. The summed E-state index contributed by atoms with van der Waals surface area (Å²) in [6, 6.07) is 6.27. The monoisotopic (exact) mass is 372 g/mol. The van der Waals surface area contributed by atoms with Crippen LogP contribution in [-0.4, -0.2) is 18.3 Å². The third-order valence-corrected chi connectivity index (χ3v) is 4.52. The summed E-state index contributed by atoms with van der Waals surface area (Å²) in [6.07, 6.45) is 0. The van der Waals surface area contributed by atoms with E-state index < -0.39 is 24.9 Å². The van der Waals surface area contributed by atoms with Crippen LogP contribution in [0.4, 0.5) is 11.4 Å². The van der Waals surface area contributed by atoms with Crippen molar-refractivity contribution in [1.29, 1.82) is 0 Å². The Morgan fingerprint density at radius 2 is 1.71 bits per heavy atom. The third kappa shape index (κ3) is 3.60. The van der Waals surface area contributed by atoms with Gasteiger partial charge in [-0.05, 0) is 19.1 Å². The molecule has 2 rings (SSSR count). The fourth-order valence-electron chi connectivity index (χ4n) is 1.78. The highest BCUT2D eigenvalue weighted by atomic mass is 35.5. The van der Waals surface area contributed by atoms with Crippen LogP contribution in [0, 0.1) is 27.2 Å². The van der Waals surface area contributed by atoms with Gasteiger partial charge in [-0.15, -0.1) is 0 Å². The number of nitro groups is 2. The number of rotatable bonds is 5. The molecule has 0 saturated carbocycles. The van der Waals surface area contributed by atoms with Crippen molar-refractivity contribution in [3.63, 3.8) is 0 Å². The highest BCUT2D eigenvalue weighted by molar-refractivity contribution is 7.87. The Bertz CT molecular complexity index is 943. The van der Waals surface area contributed by atoms with Gasteiger partial charge in [0.15, 0.2) is 5.75 Å². The molecule has 0 fully saturated rings. The van der Waals surface area contributed by atoms with Crippen LogP contribution in [0.5, 0.6) is 5.75 Å². The normalized spacial score (nSPS) is 11.1. The SMILES string of the molecule is Cc1ccc(S(=O)(=O)Oc2ccc([N+](=O)[O-])cc2Cl)cc1[N+](=O)[O-]. The van der Waals surface area contributed by atoms with E-state index in [0.29, 0.717) is 0 Å². The van der Waals surface area contributed by atoms with Crippen molar-refractivity contribution in [1.82, 2.24) is 0 Å². The largest absolute Gasteiger partial charge is 0.377 e. The molecule has 2 aromatic rings. The molecule has 0 N–H and O–H groups in total. The first-order valence-electron chi connectivity index (χ1n) is 6.25. The van der Waals surface area contributed by atoms with Crippen LogP contribution in [0.2, 0.25) is 5.02 Å². The van der Waals surface area contributed by atoms with Gasteiger partial charge in [0.1, 0.15) is 4.90 Å². The van der Waals surface area contributed by atoms with E-state index in [0.717, 1.165) is 30.3 Å². The smallest absolute Gasteiger partial charge is 0.339 e. The number of halogens is 1. The summed E-state index contributed by atoms with van der Waals surface area (Å²) in [6.45, 7) is 1.46. The molecule has 0 unspecified atom stereocenters. The van der Waals surface area contributed by atoms with E-state index >= 15 is 0 Å². The molecule has 0 atom stereocenters. The lowest BCUT2D eigenvalue weighted by Gasteiger charge is -2.09. The van der Waals surface area contributed by atoms with Gasteiger partial charge in [0.2, 0.25) is 0 Å². The molecule has 0 radical (unpaired) electrons. The predicted octanol–water partition coefficient (Wildman–Crippen LogP) is 3.23. The van der Waals surface area contributed by atoms with Crippen LogP contribution in [0.1, 0.15) is 5.56 Å². The lowest BCUT2D eigenvalue weighted by Crippen LogP contribution is -2.10. The average molecular weight is 373 g/mol. The molecule has 0 aromatic heterocycles. The van der Waals surface area contributed by atoms with Crippen LogP contribution in [-0.2, 0) is 10.1 Å². The zero-order valence-corrected chi connectivity index (χ0v) is 13.6. The Morgan fingerprint density at radius 1 is 1.04 bits per heavy atom. The summed E-state index contributed by atoms with van der Waals surface area (Å²) in [5.41, 5.74) is -0.433. The molecule has 0 saturated heterocycles.